The van der Waals surface area contributed by atoms with Gasteiger partial charge in [0.2, 0.25) is 0 Å². The molecule has 0 fully saturated rings. The topological polar surface area (TPSA) is 72.3 Å². The summed E-state index contributed by atoms with van der Waals surface area (Å²) in [6.07, 6.45) is 0. The smallest absolute Gasteiger partial charge is 0.356 e. The Morgan fingerprint density at radius 2 is 1.68 bits per heavy atom. The van der Waals surface area contributed by atoms with E-state index in [1.165, 1.54) is 13.2 Å². The minimum absolute atomic E-state index is 0.0764. The van der Waals surface area contributed by atoms with Crippen LogP contribution in [0, 0.1) is 0 Å². The number of esters is 1. The van der Waals surface area contributed by atoms with Crippen LogP contribution in [0.25, 0.3) is 0 Å². The first-order chi connectivity index (χ1) is 10.4. The lowest BCUT2D eigenvalue weighted by Gasteiger charge is -1.99. The highest BCUT2D eigenvalue weighted by Gasteiger charge is 2.08. The highest BCUT2D eigenvalue weighted by Crippen LogP contribution is 2.20. The summed E-state index contributed by atoms with van der Waals surface area (Å²) in [6, 6.07) is 6.63. The van der Waals surface area contributed by atoms with E-state index in [0.29, 0.717) is 15.3 Å². The number of aliphatic hydroxyl groups is 1. The summed E-state index contributed by atoms with van der Waals surface area (Å²) in [7, 11) is 1.29. The zero-order valence-corrected chi connectivity index (χ0v) is 15.9. The summed E-state index contributed by atoms with van der Waals surface area (Å²) in [4.78, 5) is 18.6. The van der Waals surface area contributed by atoms with Crippen LogP contribution in [-0.4, -0.2) is 28.2 Å². The summed E-state index contributed by atoms with van der Waals surface area (Å²) in [5, 5.41) is 9.25. The maximum absolute atomic E-state index is 10.9. The lowest BCUT2D eigenvalue weighted by Crippen LogP contribution is -2.03. The molecule has 22 heavy (non-hydrogen) atoms. The molecular weight excluding hydrogens is 463 g/mol. The van der Waals surface area contributed by atoms with E-state index in [2.05, 4.69) is 46.6 Å². The number of rotatable bonds is 2. The maximum atomic E-state index is 10.9. The molecule has 0 bridgehead atoms. The molecule has 0 spiro atoms. The number of carbonyl (C=O) groups excluding carboxylic acids is 1. The third-order valence-electron chi connectivity index (χ3n) is 2.22. The van der Waals surface area contributed by atoms with Crippen molar-refractivity contribution in [2.75, 3.05) is 7.11 Å². The van der Waals surface area contributed by atoms with Gasteiger partial charge in [0.1, 0.15) is 16.0 Å². The van der Waals surface area contributed by atoms with Crippen molar-refractivity contribution in [1.29, 1.82) is 0 Å². The fraction of sp³-hybridized carbons (Fsp3) is 0.154. The Morgan fingerprint density at radius 1 is 1.14 bits per heavy atom. The van der Waals surface area contributed by atoms with Gasteiger partial charge in [0.25, 0.3) is 0 Å². The Balaban J connectivity index is 0.000000224. The van der Waals surface area contributed by atoms with E-state index >= 15 is 0 Å². The predicted octanol–water partition coefficient (Wildman–Crippen LogP) is 4.27. The first-order valence-corrected chi connectivity index (χ1v) is 8.05. The van der Waals surface area contributed by atoms with E-state index in [0.717, 1.165) is 4.47 Å². The molecule has 5 nitrogen and oxygen atoms in total. The average molecular weight is 473 g/mol. The van der Waals surface area contributed by atoms with E-state index in [1.807, 2.05) is 0 Å². The first kappa shape index (κ1) is 19.3. The molecule has 0 aliphatic heterocycles. The van der Waals surface area contributed by atoms with Crippen molar-refractivity contribution in [3.8, 4) is 0 Å². The molecule has 0 unspecified atom stereocenters. The minimum atomic E-state index is -0.496. The summed E-state index contributed by atoms with van der Waals surface area (Å²) < 4.78 is 5.85. The van der Waals surface area contributed by atoms with Crippen molar-refractivity contribution >= 4 is 61.0 Å². The van der Waals surface area contributed by atoms with Gasteiger partial charge in [-0.25, -0.2) is 14.8 Å². The van der Waals surface area contributed by atoms with E-state index in [4.69, 9.17) is 28.3 Å². The lowest BCUT2D eigenvalue weighted by molar-refractivity contribution is 0.0594. The van der Waals surface area contributed by atoms with Gasteiger partial charge in [-0.1, -0.05) is 23.2 Å². The third kappa shape index (κ3) is 5.81. The minimum Gasteiger partial charge on any atom is -0.464 e. The van der Waals surface area contributed by atoms with Crippen LogP contribution in [0.2, 0.25) is 10.3 Å². The van der Waals surface area contributed by atoms with Crippen LogP contribution in [0.4, 0.5) is 0 Å². The number of hydrogen-bond acceptors (Lipinski definition) is 5. The summed E-state index contributed by atoms with van der Waals surface area (Å²) in [5.41, 5.74) is 0.777. The predicted molar refractivity (Wildman–Crippen MR) is 91.2 cm³/mol. The molecule has 0 amide bonds. The van der Waals surface area contributed by atoms with Crippen LogP contribution in [0.15, 0.2) is 33.2 Å². The number of hydrogen-bond donors (Lipinski definition) is 1. The van der Waals surface area contributed by atoms with Gasteiger partial charge < -0.3 is 9.84 Å². The number of aliphatic hydroxyl groups excluding tert-OH is 1. The fourth-order valence-corrected chi connectivity index (χ4v) is 1.95. The van der Waals surface area contributed by atoms with Crippen molar-refractivity contribution in [3.63, 3.8) is 0 Å². The number of ether oxygens (including phenoxy) is 1. The summed E-state index contributed by atoms with van der Waals surface area (Å²) in [5.74, 6) is -0.496. The van der Waals surface area contributed by atoms with Crippen LogP contribution >= 0.6 is 55.1 Å². The van der Waals surface area contributed by atoms with Gasteiger partial charge >= 0.3 is 5.97 Å². The number of pyridine rings is 2. The normalized spacial score (nSPS) is 9.73. The van der Waals surface area contributed by atoms with Gasteiger partial charge in [0.15, 0.2) is 0 Å². The molecule has 2 aromatic heterocycles. The second kappa shape index (κ2) is 9.42. The number of aromatic nitrogens is 2. The molecule has 0 aliphatic carbocycles. The van der Waals surface area contributed by atoms with Crippen LogP contribution in [0.1, 0.15) is 16.2 Å². The van der Waals surface area contributed by atoms with Crippen molar-refractivity contribution in [1.82, 2.24) is 9.97 Å². The zero-order chi connectivity index (χ0) is 16.7. The molecule has 9 heteroatoms. The van der Waals surface area contributed by atoms with Crippen molar-refractivity contribution in [2.24, 2.45) is 0 Å². The molecule has 118 valence electrons. The zero-order valence-electron chi connectivity index (χ0n) is 11.2. The number of methoxy groups -OCH3 is 1. The molecule has 2 heterocycles. The van der Waals surface area contributed by atoms with E-state index in [1.54, 1.807) is 18.2 Å². The Morgan fingerprint density at radius 3 is 2.14 bits per heavy atom. The number of carbonyl (C=O) groups is 1. The second-order valence-corrected chi connectivity index (χ2v) is 6.12. The highest BCUT2D eigenvalue weighted by molar-refractivity contribution is 9.10. The average Bonchev–Trinajstić information content (AvgIpc) is 2.52. The number of halogens is 4. The monoisotopic (exact) mass is 470 g/mol. The molecule has 0 aromatic carbocycles. The first-order valence-electron chi connectivity index (χ1n) is 5.71. The van der Waals surface area contributed by atoms with Crippen molar-refractivity contribution in [2.45, 2.75) is 6.61 Å². The second-order valence-electron chi connectivity index (χ2n) is 3.69. The third-order valence-corrected chi connectivity index (χ3v) is 4.53. The van der Waals surface area contributed by atoms with Crippen LogP contribution in [0.5, 0.6) is 0 Å². The van der Waals surface area contributed by atoms with Gasteiger partial charge in [-0.05, 0) is 56.1 Å². The van der Waals surface area contributed by atoms with Crippen molar-refractivity contribution in [3.05, 3.63) is 54.9 Å². The van der Waals surface area contributed by atoms with Gasteiger partial charge in [-0.3, -0.25) is 0 Å². The molecule has 0 aliphatic rings. The Bertz CT molecular complexity index is 672. The number of nitrogens with zero attached hydrogens (tertiary/aromatic N) is 2. The fourth-order valence-electron chi connectivity index (χ4n) is 1.18. The molecule has 0 atom stereocenters. The molecule has 2 rings (SSSR count). The molecule has 0 saturated carbocycles. The standard InChI is InChI=1S/C7H5BrClNO2.C6H5BrClNO/c1-12-7(11)5-3-2-4(8)6(9)10-5;7-5-2-1-4(3-10)9-6(5)8/h2-3H,1H3;1-2,10H,3H2. The molecule has 0 saturated heterocycles. The SMILES string of the molecule is COC(=O)c1ccc(Br)c(Cl)n1.OCc1ccc(Br)c(Cl)n1. The van der Waals surface area contributed by atoms with Gasteiger partial charge in [-0.2, -0.15) is 0 Å². The largest absolute Gasteiger partial charge is 0.464 e. The molecule has 2 aromatic rings. The maximum Gasteiger partial charge on any atom is 0.356 e. The molecule has 0 radical (unpaired) electrons. The van der Waals surface area contributed by atoms with E-state index < -0.39 is 5.97 Å². The highest BCUT2D eigenvalue weighted by atomic mass is 79.9. The van der Waals surface area contributed by atoms with Crippen molar-refractivity contribution < 1.29 is 14.6 Å². The Hall–Kier alpha value is -0.730. The van der Waals surface area contributed by atoms with Gasteiger partial charge in [0, 0.05) is 0 Å². The van der Waals surface area contributed by atoms with Crippen LogP contribution in [0.3, 0.4) is 0 Å². The molecule has 1 N–H and O–H groups in total. The van der Waals surface area contributed by atoms with Crippen LogP contribution < -0.4 is 0 Å². The Kier molecular flexibility index (Phi) is 8.27. The van der Waals surface area contributed by atoms with E-state index in [-0.39, 0.29) is 17.5 Å². The molecular formula is C13H10Br2Cl2N2O3. The lowest BCUT2D eigenvalue weighted by atomic mass is 10.4. The van der Waals surface area contributed by atoms with Crippen LogP contribution in [-0.2, 0) is 11.3 Å². The van der Waals surface area contributed by atoms with Gasteiger partial charge in [-0.15, -0.1) is 0 Å². The Labute approximate surface area is 153 Å². The summed E-state index contributed by atoms with van der Waals surface area (Å²) in [6.45, 7) is -0.0764. The summed E-state index contributed by atoms with van der Waals surface area (Å²) >= 11 is 17.6. The quantitative estimate of drug-likeness (QED) is 0.522. The van der Waals surface area contributed by atoms with E-state index in [9.17, 15) is 4.79 Å². The van der Waals surface area contributed by atoms with Gasteiger partial charge in [0.05, 0.1) is 28.4 Å².